The Morgan fingerprint density at radius 2 is 1.77 bits per heavy atom. The second kappa shape index (κ2) is 9.46. The quantitative estimate of drug-likeness (QED) is 0.569. The topological polar surface area (TPSA) is 73.3 Å². The van der Waals surface area contributed by atoms with Gasteiger partial charge < -0.3 is 14.8 Å². The Kier molecular flexibility index (Phi) is 6.74. The summed E-state index contributed by atoms with van der Waals surface area (Å²) in [5.74, 6) is 0.255. The molecule has 3 aromatic rings. The Hall–Kier alpha value is -3.62. The summed E-state index contributed by atoms with van der Waals surface area (Å²) < 4.78 is 47.1. The number of halogens is 3. The number of aromatic nitrogens is 2. The average Bonchev–Trinajstić information content (AvgIpc) is 2.74. The largest absolute Gasteiger partial charge is 0.483 e. The zero-order valence-electron chi connectivity index (χ0n) is 16.8. The first-order chi connectivity index (χ1) is 14.7. The predicted octanol–water partition coefficient (Wildman–Crippen LogP) is 5.01. The molecule has 0 spiro atoms. The fraction of sp³-hybridized carbons (Fsp3) is 0.227. The minimum Gasteiger partial charge on any atom is -0.483 e. The summed E-state index contributed by atoms with van der Waals surface area (Å²) in [6, 6.07) is 12.9. The number of aryl methyl sites for hydroxylation is 1. The number of hydrogen-bond donors (Lipinski definition) is 1. The number of rotatable bonds is 7. The Balaban J connectivity index is 1.66. The van der Waals surface area contributed by atoms with E-state index in [0.29, 0.717) is 11.4 Å². The molecule has 0 fully saturated rings. The molecule has 31 heavy (non-hydrogen) atoms. The maximum Gasteiger partial charge on any atom is 0.422 e. The molecule has 0 saturated heterocycles. The van der Waals surface area contributed by atoms with Gasteiger partial charge in [0.2, 0.25) is 5.88 Å². The maximum atomic E-state index is 12.8. The number of hydrogen-bond acceptors (Lipinski definition) is 5. The Morgan fingerprint density at radius 3 is 2.42 bits per heavy atom. The van der Waals surface area contributed by atoms with Crippen LogP contribution >= 0.6 is 0 Å². The highest BCUT2D eigenvalue weighted by molar-refractivity contribution is 5.96. The van der Waals surface area contributed by atoms with Crippen LogP contribution in [0.2, 0.25) is 0 Å². The molecule has 0 radical (unpaired) electrons. The number of amides is 1. The summed E-state index contributed by atoms with van der Waals surface area (Å²) in [7, 11) is 0. The van der Waals surface area contributed by atoms with E-state index in [1.165, 1.54) is 24.5 Å². The van der Waals surface area contributed by atoms with E-state index in [4.69, 9.17) is 4.74 Å². The molecule has 0 unspecified atom stereocenters. The molecular weight excluding hydrogens is 411 g/mol. The van der Waals surface area contributed by atoms with Crippen LogP contribution in [0.1, 0.15) is 34.6 Å². The highest BCUT2D eigenvalue weighted by Crippen LogP contribution is 2.24. The molecular formula is C22H20F3N3O3. The van der Waals surface area contributed by atoms with Crippen LogP contribution in [0.25, 0.3) is 0 Å². The summed E-state index contributed by atoms with van der Waals surface area (Å²) in [5.41, 5.74) is 1.76. The van der Waals surface area contributed by atoms with Gasteiger partial charge in [-0.15, -0.1) is 0 Å². The molecule has 1 atom stereocenters. The molecule has 2 heterocycles. The molecule has 0 aliphatic carbocycles. The van der Waals surface area contributed by atoms with Gasteiger partial charge in [-0.1, -0.05) is 17.7 Å². The third kappa shape index (κ3) is 6.43. The molecule has 162 valence electrons. The fourth-order valence-corrected chi connectivity index (χ4v) is 2.61. The lowest BCUT2D eigenvalue weighted by molar-refractivity contribution is -0.153. The van der Waals surface area contributed by atoms with Gasteiger partial charge in [-0.3, -0.25) is 9.78 Å². The van der Waals surface area contributed by atoms with Crippen molar-refractivity contribution in [3.63, 3.8) is 0 Å². The lowest BCUT2D eigenvalue weighted by Crippen LogP contribution is -2.27. The van der Waals surface area contributed by atoms with E-state index in [2.05, 4.69) is 20.0 Å². The molecule has 0 aliphatic rings. The number of carbonyl (C=O) groups excluding carboxylic acids is 1. The van der Waals surface area contributed by atoms with E-state index in [9.17, 15) is 18.0 Å². The monoisotopic (exact) mass is 431 g/mol. The van der Waals surface area contributed by atoms with Gasteiger partial charge >= 0.3 is 6.18 Å². The summed E-state index contributed by atoms with van der Waals surface area (Å²) >= 11 is 0. The Bertz CT molecular complexity index is 1020. The summed E-state index contributed by atoms with van der Waals surface area (Å²) in [5, 5.41) is 2.78. The Labute approximate surface area is 177 Å². The van der Waals surface area contributed by atoms with Crippen LogP contribution in [0.4, 0.5) is 13.2 Å². The van der Waals surface area contributed by atoms with Gasteiger partial charge in [0, 0.05) is 6.20 Å². The molecule has 1 amide bonds. The van der Waals surface area contributed by atoms with Crippen molar-refractivity contribution in [1.82, 2.24) is 15.3 Å². The number of nitrogens with zero attached hydrogens (tertiary/aromatic N) is 2. The summed E-state index contributed by atoms with van der Waals surface area (Å²) in [6.45, 7) is 2.26. The first-order valence-electron chi connectivity index (χ1n) is 9.37. The lowest BCUT2D eigenvalue weighted by atomic mass is 10.2. The van der Waals surface area contributed by atoms with E-state index < -0.39 is 24.7 Å². The van der Waals surface area contributed by atoms with Gasteiger partial charge in [-0.2, -0.15) is 13.2 Å². The zero-order valence-corrected chi connectivity index (χ0v) is 16.8. The average molecular weight is 431 g/mol. The van der Waals surface area contributed by atoms with Crippen molar-refractivity contribution in [2.75, 3.05) is 6.61 Å². The lowest BCUT2D eigenvalue weighted by Gasteiger charge is -2.16. The molecule has 0 bridgehead atoms. The van der Waals surface area contributed by atoms with Crippen LogP contribution in [0.3, 0.4) is 0 Å². The molecule has 0 aliphatic heterocycles. The molecule has 9 heteroatoms. The van der Waals surface area contributed by atoms with Gasteiger partial charge in [0.15, 0.2) is 6.61 Å². The van der Waals surface area contributed by atoms with Crippen LogP contribution < -0.4 is 14.8 Å². The third-order valence-corrected chi connectivity index (χ3v) is 4.20. The minimum absolute atomic E-state index is 0.0133. The van der Waals surface area contributed by atoms with Gasteiger partial charge in [-0.05, 0) is 50.2 Å². The third-order valence-electron chi connectivity index (χ3n) is 4.20. The van der Waals surface area contributed by atoms with Crippen molar-refractivity contribution in [2.24, 2.45) is 0 Å². The van der Waals surface area contributed by atoms with E-state index in [-0.39, 0.29) is 17.2 Å². The second-order valence-electron chi connectivity index (χ2n) is 6.79. The highest BCUT2D eigenvalue weighted by atomic mass is 19.4. The maximum absolute atomic E-state index is 12.8. The van der Waals surface area contributed by atoms with Crippen LogP contribution in [-0.4, -0.2) is 28.7 Å². The Morgan fingerprint density at radius 1 is 1.06 bits per heavy atom. The number of carbonyl (C=O) groups is 1. The van der Waals surface area contributed by atoms with E-state index in [1.54, 1.807) is 31.2 Å². The normalized spacial score (nSPS) is 12.2. The van der Waals surface area contributed by atoms with Crippen molar-refractivity contribution in [1.29, 1.82) is 0 Å². The van der Waals surface area contributed by atoms with E-state index in [1.807, 2.05) is 19.1 Å². The molecule has 2 aromatic heterocycles. The number of pyridine rings is 2. The molecule has 0 saturated carbocycles. The molecule has 1 aromatic carbocycles. The molecule has 6 nitrogen and oxygen atoms in total. The first-order valence-corrected chi connectivity index (χ1v) is 9.37. The standard InChI is InChI=1S/C22H20F3N3O3/c1-14-5-7-16(8-6-14)31-21-18(4-3-11-26-21)20(29)28-15(2)19-10-9-17(12-27-19)30-13-22(23,24)25/h3-12,15H,13H2,1-2H3,(H,28,29)/t15-/m1/s1. The molecule has 3 rings (SSSR count). The van der Waals surface area contributed by atoms with Crippen molar-refractivity contribution in [2.45, 2.75) is 26.1 Å². The van der Waals surface area contributed by atoms with Crippen molar-refractivity contribution < 1.29 is 27.4 Å². The van der Waals surface area contributed by atoms with Gasteiger partial charge in [0.25, 0.3) is 5.91 Å². The predicted molar refractivity (Wildman–Crippen MR) is 107 cm³/mol. The summed E-state index contributed by atoms with van der Waals surface area (Å²) in [4.78, 5) is 21.0. The zero-order chi connectivity index (χ0) is 22.4. The van der Waals surface area contributed by atoms with Gasteiger partial charge in [-0.25, -0.2) is 4.98 Å². The van der Waals surface area contributed by atoms with E-state index >= 15 is 0 Å². The second-order valence-corrected chi connectivity index (χ2v) is 6.79. The number of benzene rings is 1. The van der Waals surface area contributed by atoms with Crippen LogP contribution in [-0.2, 0) is 0 Å². The SMILES string of the molecule is Cc1ccc(Oc2ncccc2C(=O)N[C@H](C)c2ccc(OCC(F)(F)F)cn2)cc1. The fourth-order valence-electron chi connectivity index (χ4n) is 2.61. The molecule has 1 N–H and O–H groups in total. The number of alkyl halides is 3. The van der Waals surface area contributed by atoms with Crippen molar-refractivity contribution in [3.05, 3.63) is 77.7 Å². The minimum atomic E-state index is -4.43. The van der Waals surface area contributed by atoms with Gasteiger partial charge in [0.1, 0.15) is 17.1 Å². The van der Waals surface area contributed by atoms with Crippen LogP contribution in [0, 0.1) is 6.92 Å². The summed E-state index contributed by atoms with van der Waals surface area (Å²) in [6.07, 6.45) is -1.73. The van der Waals surface area contributed by atoms with Crippen molar-refractivity contribution >= 4 is 5.91 Å². The van der Waals surface area contributed by atoms with Crippen LogP contribution in [0.5, 0.6) is 17.4 Å². The van der Waals surface area contributed by atoms with Crippen LogP contribution in [0.15, 0.2) is 60.9 Å². The smallest absolute Gasteiger partial charge is 0.422 e. The van der Waals surface area contributed by atoms with Gasteiger partial charge in [0.05, 0.1) is 17.9 Å². The van der Waals surface area contributed by atoms with Crippen molar-refractivity contribution in [3.8, 4) is 17.4 Å². The highest BCUT2D eigenvalue weighted by Gasteiger charge is 2.28. The van der Waals surface area contributed by atoms with E-state index in [0.717, 1.165) is 5.56 Å². The number of nitrogens with one attached hydrogen (secondary N) is 1. The first kappa shape index (κ1) is 22.1. The number of ether oxygens (including phenoxy) is 2.